The molecule has 0 aromatic heterocycles. The number of aromatic hydroxyl groups is 1. The van der Waals surface area contributed by atoms with Gasteiger partial charge in [0.1, 0.15) is 5.75 Å². The lowest BCUT2D eigenvalue weighted by Crippen LogP contribution is -1.97. The topological polar surface area (TPSA) is 37.3 Å². The Balaban J connectivity index is 1.91. The number of benzene rings is 3. The first-order chi connectivity index (χ1) is 11.1. The van der Waals surface area contributed by atoms with E-state index in [0.717, 1.165) is 17.5 Å². The molecule has 3 rings (SSSR count). The van der Waals surface area contributed by atoms with Crippen LogP contribution in [0, 0.1) is 6.07 Å². The first-order valence-corrected chi connectivity index (χ1v) is 7.53. The zero-order chi connectivity index (χ0) is 16.2. The van der Waals surface area contributed by atoms with Gasteiger partial charge in [-0.25, -0.2) is 0 Å². The van der Waals surface area contributed by atoms with Crippen molar-refractivity contribution in [2.24, 2.45) is 0 Å². The van der Waals surface area contributed by atoms with Crippen LogP contribution < -0.4 is 0 Å². The minimum atomic E-state index is -0.164. The maximum absolute atomic E-state index is 11.8. The van der Waals surface area contributed by atoms with Crippen molar-refractivity contribution in [2.75, 3.05) is 0 Å². The lowest BCUT2D eigenvalue weighted by Gasteiger charge is -2.10. The first-order valence-electron chi connectivity index (χ1n) is 7.53. The van der Waals surface area contributed by atoms with Gasteiger partial charge < -0.3 is 5.11 Å². The molecule has 0 fully saturated rings. The van der Waals surface area contributed by atoms with Gasteiger partial charge in [0, 0.05) is 6.07 Å². The predicted molar refractivity (Wildman–Crippen MR) is 91.6 cm³/mol. The van der Waals surface area contributed by atoms with Gasteiger partial charge in [0.05, 0.1) is 5.56 Å². The van der Waals surface area contributed by atoms with E-state index in [4.69, 9.17) is 0 Å². The molecule has 1 radical (unpaired) electrons. The van der Waals surface area contributed by atoms with E-state index in [1.54, 1.807) is 6.07 Å². The Morgan fingerprint density at radius 1 is 0.957 bits per heavy atom. The van der Waals surface area contributed by atoms with Gasteiger partial charge in [0.15, 0.2) is 5.78 Å². The van der Waals surface area contributed by atoms with E-state index in [0.29, 0.717) is 5.56 Å². The number of ketones is 1. The van der Waals surface area contributed by atoms with Gasteiger partial charge in [0.2, 0.25) is 0 Å². The molecule has 3 aromatic carbocycles. The summed E-state index contributed by atoms with van der Waals surface area (Å²) in [6, 6.07) is 24.5. The number of phenolic OH excluding ortho intramolecular Hbond substituents is 1. The highest BCUT2D eigenvalue weighted by Gasteiger charge is 2.13. The van der Waals surface area contributed by atoms with Crippen LogP contribution in [0.1, 0.15) is 28.4 Å². The van der Waals surface area contributed by atoms with Crippen LogP contribution in [0.4, 0.5) is 0 Å². The van der Waals surface area contributed by atoms with Crippen molar-refractivity contribution in [3.05, 3.63) is 89.5 Å². The molecule has 0 heterocycles. The molecule has 0 saturated carbocycles. The van der Waals surface area contributed by atoms with E-state index in [9.17, 15) is 9.90 Å². The zero-order valence-electron chi connectivity index (χ0n) is 12.9. The highest BCUT2D eigenvalue weighted by molar-refractivity contribution is 6.03. The Hall–Kier alpha value is -2.87. The van der Waals surface area contributed by atoms with Gasteiger partial charge in [-0.3, -0.25) is 4.79 Å². The molecule has 23 heavy (non-hydrogen) atoms. The van der Waals surface area contributed by atoms with Crippen molar-refractivity contribution < 1.29 is 9.90 Å². The number of rotatable bonds is 4. The maximum atomic E-state index is 11.8. The Morgan fingerprint density at radius 2 is 1.61 bits per heavy atom. The normalized spacial score (nSPS) is 10.5. The third kappa shape index (κ3) is 3.32. The van der Waals surface area contributed by atoms with Gasteiger partial charge in [-0.2, -0.15) is 0 Å². The summed E-state index contributed by atoms with van der Waals surface area (Å²) in [6.45, 7) is 1.45. The SMILES string of the molecule is CC(=O)c1c(O)[c]ccc1-c1ccc(Cc2ccccc2)cc1. The molecule has 0 aliphatic rings. The predicted octanol–water partition coefficient (Wildman–Crippen LogP) is 4.65. The number of hydrogen-bond donors (Lipinski definition) is 1. The van der Waals surface area contributed by atoms with Gasteiger partial charge in [-0.1, -0.05) is 60.7 Å². The summed E-state index contributed by atoms with van der Waals surface area (Å²) in [5.41, 5.74) is 4.44. The Bertz CT molecular complexity index is 818. The summed E-state index contributed by atoms with van der Waals surface area (Å²) < 4.78 is 0. The van der Waals surface area contributed by atoms with Crippen molar-refractivity contribution in [2.45, 2.75) is 13.3 Å². The molecular formula is C21H17O2. The van der Waals surface area contributed by atoms with Gasteiger partial charge in [0.25, 0.3) is 0 Å². The molecule has 2 heteroatoms. The summed E-state index contributed by atoms with van der Waals surface area (Å²) in [5.74, 6) is -0.258. The van der Waals surface area contributed by atoms with Crippen LogP contribution in [0.25, 0.3) is 11.1 Å². The number of hydrogen-bond acceptors (Lipinski definition) is 2. The summed E-state index contributed by atoms with van der Waals surface area (Å²) in [4.78, 5) is 11.8. The molecule has 0 bridgehead atoms. The summed E-state index contributed by atoms with van der Waals surface area (Å²) >= 11 is 0. The first kappa shape index (κ1) is 15.0. The second-order valence-electron chi connectivity index (χ2n) is 5.53. The van der Waals surface area contributed by atoms with E-state index >= 15 is 0 Å². The van der Waals surface area contributed by atoms with E-state index < -0.39 is 0 Å². The molecule has 2 nitrogen and oxygen atoms in total. The number of carbonyl (C=O) groups is 1. The summed E-state index contributed by atoms with van der Waals surface area (Å²) in [7, 11) is 0. The molecule has 0 aliphatic carbocycles. The fraction of sp³-hybridized carbons (Fsp3) is 0.0952. The lowest BCUT2D eigenvalue weighted by atomic mass is 9.95. The van der Waals surface area contributed by atoms with E-state index in [1.807, 2.05) is 36.4 Å². The molecule has 113 valence electrons. The summed E-state index contributed by atoms with van der Waals surface area (Å²) in [5, 5.41) is 9.90. The van der Waals surface area contributed by atoms with Crippen molar-refractivity contribution >= 4 is 5.78 Å². The molecule has 0 atom stereocenters. The molecule has 1 N–H and O–H groups in total. The third-order valence-electron chi connectivity index (χ3n) is 3.84. The highest BCUT2D eigenvalue weighted by atomic mass is 16.3. The van der Waals surface area contributed by atoms with Gasteiger partial charge in [-0.05, 0) is 41.7 Å². The summed E-state index contributed by atoms with van der Waals surface area (Å²) in [6.07, 6.45) is 0.870. The Morgan fingerprint density at radius 3 is 2.26 bits per heavy atom. The second-order valence-corrected chi connectivity index (χ2v) is 5.53. The number of phenols is 1. The second kappa shape index (κ2) is 6.49. The molecule has 0 spiro atoms. The maximum Gasteiger partial charge on any atom is 0.164 e. The fourth-order valence-corrected chi connectivity index (χ4v) is 2.72. The van der Waals surface area contributed by atoms with Crippen LogP contribution in [0.2, 0.25) is 0 Å². The quantitative estimate of drug-likeness (QED) is 0.712. The average Bonchev–Trinajstić information content (AvgIpc) is 2.56. The molecule has 0 amide bonds. The van der Waals surface area contributed by atoms with Crippen molar-refractivity contribution in [1.29, 1.82) is 0 Å². The van der Waals surface area contributed by atoms with Crippen LogP contribution in [0.3, 0.4) is 0 Å². The number of Topliss-reactive ketones (excluding diaryl/α,β-unsaturated/α-hetero) is 1. The molecule has 0 unspecified atom stereocenters. The van der Waals surface area contributed by atoms with E-state index in [1.165, 1.54) is 18.1 Å². The van der Waals surface area contributed by atoms with Crippen molar-refractivity contribution in [3.8, 4) is 16.9 Å². The van der Waals surface area contributed by atoms with Crippen molar-refractivity contribution in [1.82, 2.24) is 0 Å². The van der Waals surface area contributed by atoms with Crippen molar-refractivity contribution in [3.63, 3.8) is 0 Å². The fourth-order valence-electron chi connectivity index (χ4n) is 2.72. The van der Waals surface area contributed by atoms with Crippen LogP contribution in [0.5, 0.6) is 5.75 Å². The molecule has 0 aliphatic heterocycles. The lowest BCUT2D eigenvalue weighted by molar-refractivity contribution is 0.101. The molecular weight excluding hydrogens is 284 g/mol. The molecule has 3 aromatic rings. The van der Waals surface area contributed by atoms with Crippen LogP contribution in [0.15, 0.2) is 66.7 Å². The van der Waals surface area contributed by atoms with E-state index in [2.05, 4.69) is 30.3 Å². The minimum absolute atomic E-state index is 0.0941. The zero-order valence-corrected chi connectivity index (χ0v) is 12.9. The third-order valence-corrected chi connectivity index (χ3v) is 3.84. The standard InChI is InChI=1S/C21H17O2/c1-15(22)21-19(8-5-9-20(21)23)18-12-10-17(11-13-18)14-16-6-3-2-4-7-16/h2-8,10-13,23H,14H2,1H3. The minimum Gasteiger partial charge on any atom is -0.507 e. The highest BCUT2D eigenvalue weighted by Crippen LogP contribution is 2.30. The smallest absolute Gasteiger partial charge is 0.164 e. The van der Waals surface area contributed by atoms with Crippen LogP contribution >= 0.6 is 0 Å². The van der Waals surface area contributed by atoms with E-state index in [-0.39, 0.29) is 11.5 Å². The Labute approximate surface area is 136 Å². The van der Waals surface area contributed by atoms with Gasteiger partial charge >= 0.3 is 0 Å². The van der Waals surface area contributed by atoms with Crippen LogP contribution in [-0.4, -0.2) is 10.9 Å². The van der Waals surface area contributed by atoms with Crippen LogP contribution in [-0.2, 0) is 6.42 Å². The average molecular weight is 301 g/mol. The van der Waals surface area contributed by atoms with Gasteiger partial charge in [-0.15, -0.1) is 0 Å². The monoisotopic (exact) mass is 301 g/mol. The number of carbonyl (C=O) groups excluding carboxylic acids is 1. The molecule has 0 saturated heterocycles. The largest absolute Gasteiger partial charge is 0.507 e. The Kier molecular flexibility index (Phi) is 4.24.